The second kappa shape index (κ2) is 8.94. The highest BCUT2D eigenvalue weighted by molar-refractivity contribution is 5.30. The fraction of sp³-hybridized carbons (Fsp3) is 0.600. The summed E-state index contributed by atoms with van der Waals surface area (Å²) in [7, 11) is 1.58. The second-order valence-electron chi connectivity index (χ2n) is 5.04. The van der Waals surface area contributed by atoms with Gasteiger partial charge in [-0.25, -0.2) is 4.39 Å². The third-order valence-corrected chi connectivity index (χ3v) is 2.89. The molecule has 0 heterocycles. The van der Waals surface area contributed by atoms with Crippen molar-refractivity contribution in [1.29, 1.82) is 0 Å². The molecule has 0 spiro atoms. The number of benzene rings is 1. The first-order valence-electron chi connectivity index (χ1n) is 6.90. The number of halogens is 1. The molecule has 1 aromatic rings. The number of methoxy groups -OCH3 is 1. The minimum absolute atomic E-state index is 0.0475. The van der Waals surface area contributed by atoms with Crippen molar-refractivity contribution in [3.8, 4) is 5.75 Å². The Morgan fingerprint density at radius 1 is 1.24 bits per heavy atom. The van der Waals surface area contributed by atoms with Gasteiger partial charge in [-0.2, -0.15) is 0 Å². The molecule has 3 N–H and O–H groups in total. The van der Waals surface area contributed by atoms with E-state index in [1.54, 1.807) is 20.1 Å². The fourth-order valence-corrected chi connectivity index (χ4v) is 1.71. The molecule has 0 saturated carbocycles. The van der Waals surface area contributed by atoms with Gasteiger partial charge in [0.25, 0.3) is 0 Å². The maximum atomic E-state index is 13.8. The van der Waals surface area contributed by atoms with E-state index in [1.165, 1.54) is 12.1 Å². The van der Waals surface area contributed by atoms with Crippen LogP contribution in [0.1, 0.15) is 25.5 Å². The maximum Gasteiger partial charge on any atom is 0.165 e. The van der Waals surface area contributed by atoms with Crippen molar-refractivity contribution in [2.45, 2.75) is 32.1 Å². The van der Waals surface area contributed by atoms with Gasteiger partial charge in [0, 0.05) is 13.2 Å². The molecule has 0 radical (unpaired) electrons. The molecule has 0 bridgehead atoms. The molecule has 0 aliphatic heterocycles. The fourth-order valence-electron chi connectivity index (χ4n) is 1.71. The highest BCUT2D eigenvalue weighted by atomic mass is 19.1. The van der Waals surface area contributed by atoms with Crippen molar-refractivity contribution in [1.82, 2.24) is 0 Å². The lowest BCUT2D eigenvalue weighted by molar-refractivity contribution is -0.0425. The monoisotopic (exact) mass is 301 g/mol. The number of hydrogen-bond acceptors (Lipinski definition) is 5. The van der Waals surface area contributed by atoms with Crippen molar-refractivity contribution in [2.24, 2.45) is 5.73 Å². The SMILES string of the molecule is COCC(C)OCC(O)COc1ccc([C@@H](C)N)cc1F. The summed E-state index contributed by atoms with van der Waals surface area (Å²) in [6.45, 7) is 4.11. The van der Waals surface area contributed by atoms with E-state index >= 15 is 0 Å². The van der Waals surface area contributed by atoms with Crippen LogP contribution in [0.5, 0.6) is 5.75 Å². The molecule has 0 aliphatic carbocycles. The number of aliphatic hydroxyl groups is 1. The van der Waals surface area contributed by atoms with Crippen LogP contribution in [0.15, 0.2) is 18.2 Å². The van der Waals surface area contributed by atoms with E-state index in [4.69, 9.17) is 19.9 Å². The Bertz CT molecular complexity index is 428. The molecule has 1 rings (SSSR count). The lowest BCUT2D eigenvalue weighted by atomic mass is 10.1. The van der Waals surface area contributed by atoms with Crippen LogP contribution in [-0.2, 0) is 9.47 Å². The smallest absolute Gasteiger partial charge is 0.165 e. The molecule has 0 aromatic heterocycles. The number of nitrogens with two attached hydrogens (primary N) is 1. The van der Waals surface area contributed by atoms with Gasteiger partial charge in [-0.05, 0) is 31.5 Å². The molecular formula is C15H24FNO4. The zero-order chi connectivity index (χ0) is 15.8. The first-order chi connectivity index (χ1) is 9.93. The number of hydrogen-bond donors (Lipinski definition) is 2. The summed E-state index contributed by atoms with van der Waals surface area (Å²) in [4.78, 5) is 0. The van der Waals surface area contributed by atoms with E-state index in [1.807, 2.05) is 6.92 Å². The first kappa shape index (κ1) is 17.8. The van der Waals surface area contributed by atoms with Crippen molar-refractivity contribution < 1.29 is 23.7 Å². The molecule has 0 aliphatic rings. The number of aliphatic hydroxyl groups excluding tert-OH is 1. The van der Waals surface area contributed by atoms with Gasteiger partial charge in [-0.3, -0.25) is 0 Å². The molecule has 21 heavy (non-hydrogen) atoms. The highest BCUT2D eigenvalue weighted by Crippen LogP contribution is 2.21. The zero-order valence-electron chi connectivity index (χ0n) is 12.7. The number of ether oxygens (including phenoxy) is 3. The zero-order valence-corrected chi connectivity index (χ0v) is 12.7. The lowest BCUT2D eigenvalue weighted by Crippen LogP contribution is -2.27. The van der Waals surface area contributed by atoms with Crippen LogP contribution in [-0.4, -0.2) is 44.2 Å². The summed E-state index contributed by atoms with van der Waals surface area (Å²) in [5.74, 6) is -0.408. The Kier molecular flexibility index (Phi) is 7.60. The summed E-state index contributed by atoms with van der Waals surface area (Å²) in [5.41, 5.74) is 6.36. The standard InChI is InChI=1S/C15H24FNO4/c1-10(7-19-3)20-8-13(18)9-21-15-5-4-12(11(2)17)6-14(15)16/h4-6,10-11,13,18H,7-9,17H2,1-3H3/t10?,11-,13?/m1/s1. The quantitative estimate of drug-likeness (QED) is 0.725. The van der Waals surface area contributed by atoms with Gasteiger partial charge in [0.15, 0.2) is 11.6 Å². The Hall–Kier alpha value is -1.21. The molecule has 5 nitrogen and oxygen atoms in total. The average Bonchev–Trinajstić information content (AvgIpc) is 2.44. The van der Waals surface area contributed by atoms with E-state index < -0.39 is 11.9 Å². The predicted octanol–water partition coefficient (Wildman–Crippen LogP) is 1.64. The van der Waals surface area contributed by atoms with E-state index in [0.717, 1.165) is 0 Å². The van der Waals surface area contributed by atoms with Gasteiger partial charge in [0.1, 0.15) is 12.7 Å². The van der Waals surface area contributed by atoms with Crippen LogP contribution < -0.4 is 10.5 Å². The predicted molar refractivity (Wildman–Crippen MR) is 77.8 cm³/mol. The molecule has 6 heteroatoms. The van der Waals surface area contributed by atoms with Crippen molar-refractivity contribution in [3.63, 3.8) is 0 Å². The van der Waals surface area contributed by atoms with E-state index in [2.05, 4.69) is 0 Å². The second-order valence-corrected chi connectivity index (χ2v) is 5.04. The Morgan fingerprint density at radius 3 is 2.52 bits per heavy atom. The Morgan fingerprint density at radius 2 is 1.95 bits per heavy atom. The molecular weight excluding hydrogens is 277 g/mol. The van der Waals surface area contributed by atoms with E-state index in [9.17, 15) is 9.50 Å². The minimum Gasteiger partial charge on any atom is -0.488 e. The summed E-state index contributed by atoms with van der Waals surface area (Å²) < 4.78 is 29.3. The van der Waals surface area contributed by atoms with Crippen LogP contribution in [0.25, 0.3) is 0 Å². The van der Waals surface area contributed by atoms with Crippen LogP contribution in [0.2, 0.25) is 0 Å². The summed E-state index contributed by atoms with van der Waals surface area (Å²) in [6, 6.07) is 4.31. The third kappa shape index (κ3) is 6.39. The van der Waals surface area contributed by atoms with Gasteiger partial charge in [-0.15, -0.1) is 0 Å². The third-order valence-electron chi connectivity index (χ3n) is 2.89. The summed E-state index contributed by atoms with van der Waals surface area (Å²) >= 11 is 0. The molecule has 2 unspecified atom stereocenters. The molecule has 0 amide bonds. The van der Waals surface area contributed by atoms with E-state index in [-0.39, 0.29) is 31.1 Å². The molecule has 0 saturated heterocycles. The largest absolute Gasteiger partial charge is 0.488 e. The van der Waals surface area contributed by atoms with Gasteiger partial charge in [0.2, 0.25) is 0 Å². The van der Waals surface area contributed by atoms with Gasteiger partial charge in [0.05, 0.1) is 19.3 Å². The van der Waals surface area contributed by atoms with Crippen molar-refractivity contribution >= 4 is 0 Å². The van der Waals surface area contributed by atoms with E-state index in [0.29, 0.717) is 12.2 Å². The summed E-state index contributed by atoms with van der Waals surface area (Å²) in [5, 5.41) is 9.73. The first-order valence-corrected chi connectivity index (χ1v) is 6.90. The maximum absolute atomic E-state index is 13.8. The molecule has 0 fully saturated rings. The van der Waals surface area contributed by atoms with Crippen molar-refractivity contribution in [3.05, 3.63) is 29.6 Å². The highest BCUT2D eigenvalue weighted by Gasteiger charge is 2.12. The van der Waals surface area contributed by atoms with Crippen molar-refractivity contribution in [2.75, 3.05) is 26.9 Å². The summed E-state index contributed by atoms with van der Waals surface area (Å²) in [6.07, 6.45) is -0.955. The van der Waals surface area contributed by atoms with Gasteiger partial charge < -0.3 is 25.1 Å². The molecule has 3 atom stereocenters. The lowest BCUT2D eigenvalue weighted by Gasteiger charge is -2.17. The van der Waals surface area contributed by atoms with Gasteiger partial charge >= 0.3 is 0 Å². The van der Waals surface area contributed by atoms with Crippen LogP contribution >= 0.6 is 0 Å². The molecule has 1 aromatic carbocycles. The Labute approximate surface area is 124 Å². The average molecular weight is 301 g/mol. The van der Waals surface area contributed by atoms with Crippen LogP contribution in [0, 0.1) is 5.82 Å². The minimum atomic E-state index is -0.836. The normalized spacial score (nSPS) is 15.5. The topological polar surface area (TPSA) is 73.9 Å². The van der Waals surface area contributed by atoms with Crippen LogP contribution in [0.4, 0.5) is 4.39 Å². The Balaban J connectivity index is 2.41. The van der Waals surface area contributed by atoms with Gasteiger partial charge in [-0.1, -0.05) is 6.07 Å². The molecule has 120 valence electrons. The van der Waals surface area contributed by atoms with Crippen LogP contribution in [0.3, 0.4) is 0 Å². The number of rotatable bonds is 9.